The number of aromatic nitrogens is 1. The minimum atomic E-state index is -0.475. The summed E-state index contributed by atoms with van der Waals surface area (Å²) in [4.78, 5) is 6.38. The van der Waals surface area contributed by atoms with Gasteiger partial charge in [0, 0.05) is 18.9 Å². The number of anilines is 2. The molecule has 0 fully saturated rings. The summed E-state index contributed by atoms with van der Waals surface area (Å²) < 4.78 is 0. The van der Waals surface area contributed by atoms with Crippen molar-refractivity contribution in [3.63, 3.8) is 0 Å². The number of rotatable bonds is 3. The average Bonchev–Trinajstić information content (AvgIpc) is 2.38. The van der Waals surface area contributed by atoms with Crippen LogP contribution >= 0.6 is 0 Å². The van der Waals surface area contributed by atoms with Crippen molar-refractivity contribution < 1.29 is 5.11 Å². The molecule has 0 bridgehead atoms. The van der Waals surface area contributed by atoms with Crippen molar-refractivity contribution in [3.05, 3.63) is 53.7 Å². The van der Waals surface area contributed by atoms with Crippen molar-refractivity contribution in [2.45, 2.75) is 20.0 Å². The van der Waals surface area contributed by atoms with Crippen LogP contribution in [0.3, 0.4) is 0 Å². The zero-order valence-electron chi connectivity index (χ0n) is 11.0. The number of hydrogen-bond donors (Lipinski definition) is 1. The average molecular weight is 242 g/mol. The van der Waals surface area contributed by atoms with Crippen LogP contribution in [0.1, 0.15) is 24.2 Å². The second kappa shape index (κ2) is 5.19. The molecule has 0 saturated carbocycles. The highest BCUT2D eigenvalue weighted by atomic mass is 16.3. The molecule has 2 aromatic rings. The zero-order chi connectivity index (χ0) is 13.1. The summed E-state index contributed by atoms with van der Waals surface area (Å²) in [6.07, 6.45) is 1.25. The highest BCUT2D eigenvalue weighted by Gasteiger charge is 2.09. The van der Waals surface area contributed by atoms with E-state index in [0.717, 1.165) is 17.1 Å². The maximum Gasteiger partial charge on any atom is 0.133 e. The zero-order valence-corrected chi connectivity index (χ0v) is 11.0. The molecular weight excluding hydrogens is 224 g/mol. The van der Waals surface area contributed by atoms with E-state index >= 15 is 0 Å². The molecule has 0 amide bonds. The van der Waals surface area contributed by atoms with Crippen LogP contribution in [0.5, 0.6) is 0 Å². The van der Waals surface area contributed by atoms with Gasteiger partial charge in [0.25, 0.3) is 0 Å². The van der Waals surface area contributed by atoms with Gasteiger partial charge >= 0.3 is 0 Å². The first-order valence-electron chi connectivity index (χ1n) is 6.03. The second-order valence-corrected chi connectivity index (χ2v) is 4.47. The molecule has 1 aromatic heterocycles. The molecule has 94 valence electrons. The maximum atomic E-state index is 9.61. The molecule has 1 aromatic carbocycles. The van der Waals surface area contributed by atoms with Gasteiger partial charge in [-0.25, -0.2) is 4.98 Å². The highest BCUT2D eigenvalue weighted by Crippen LogP contribution is 2.26. The van der Waals surface area contributed by atoms with E-state index in [9.17, 15) is 5.11 Å². The van der Waals surface area contributed by atoms with Gasteiger partial charge in [0.2, 0.25) is 0 Å². The Bertz CT molecular complexity index is 538. The van der Waals surface area contributed by atoms with Gasteiger partial charge in [0.15, 0.2) is 0 Å². The quantitative estimate of drug-likeness (QED) is 0.897. The van der Waals surface area contributed by atoms with E-state index < -0.39 is 6.10 Å². The number of aryl methyl sites for hydroxylation is 1. The Labute approximate surface area is 108 Å². The molecule has 0 radical (unpaired) electrons. The lowest BCUT2D eigenvalue weighted by Crippen LogP contribution is -2.12. The SMILES string of the molecule is Cc1ccccc1N(C)c1cc([C@H](C)O)ccn1. The van der Waals surface area contributed by atoms with Crippen molar-refractivity contribution in [2.24, 2.45) is 0 Å². The van der Waals surface area contributed by atoms with Gasteiger partial charge in [-0.3, -0.25) is 0 Å². The van der Waals surface area contributed by atoms with Gasteiger partial charge in [-0.2, -0.15) is 0 Å². The topological polar surface area (TPSA) is 36.4 Å². The summed E-state index contributed by atoms with van der Waals surface area (Å²) in [6.45, 7) is 3.83. The predicted octanol–water partition coefficient (Wildman–Crippen LogP) is 3.21. The smallest absolute Gasteiger partial charge is 0.133 e. The molecule has 0 unspecified atom stereocenters. The van der Waals surface area contributed by atoms with E-state index in [-0.39, 0.29) is 0 Å². The van der Waals surface area contributed by atoms with Crippen molar-refractivity contribution in [1.29, 1.82) is 0 Å². The van der Waals surface area contributed by atoms with Crippen molar-refractivity contribution in [1.82, 2.24) is 4.98 Å². The van der Waals surface area contributed by atoms with E-state index in [2.05, 4.69) is 24.0 Å². The molecule has 1 atom stereocenters. The molecule has 0 aliphatic carbocycles. The Kier molecular flexibility index (Phi) is 3.63. The number of benzene rings is 1. The monoisotopic (exact) mass is 242 g/mol. The van der Waals surface area contributed by atoms with Crippen molar-refractivity contribution in [3.8, 4) is 0 Å². The summed E-state index contributed by atoms with van der Waals surface area (Å²) >= 11 is 0. The van der Waals surface area contributed by atoms with Crippen LogP contribution in [0.25, 0.3) is 0 Å². The fourth-order valence-electron chi connectivity index (χ4n) is 1.94. The Morgan fingerprint density at radius 2 is 1.94 bits per heavy atom. The number of para-hydroxylation sites is 1. The number of aliphatic hydroxyl groups excluding tert-OH is 1. The molecule has 0 spiro atoms. The molecule has 0 saturated heterocycles. The standard InChI is InChI=1S/C15H18N2O/c1-11-6-4-5-7-14(11)17(3)15-10-13(12(2)18)8-9-16-15/h4-10,12,18H,1-3H3/t12-/m0/s1. The third kappa shape index (κ3) is 2.51. The molecule has 0 aliphatic heterocycles. The molecule has 2 rings (SSSR count). The predicted molar refractivity (Wildman–Crippen MR) is 74.1 cm³/mol. The van der Waals surface area contributed by atoms with Crippen LogP contribution in [0, 0.1) is 6.92 Å². The minimum Gasteiger partial charge on any atom is -0.389 e. The normalized spacial score (nSPS) is 12.2. The van der Waals surface area contributed by atoms with Crippen molar-refractivity contribution >= 4 is 11.5 Å². The third-order valence-corrected chi connectivity index (χ3v) is 3.07. The van der Waals surface area contributed by atoms with Gasteiger partial charge in [0.05, 0.1) is 6.10 Å². The molecule has 3 nitrogen and oxygen atoms in total. The van der Waals surface area contributed by atoms with Crippen LogP contribution in [0.2, 0.25) is 0 Å². The summed E-state index contributed by atoms with van der Waals surface area (Å²) in [6, 6.07) is 11.9. The number of nitrogens with zero attached hydrogens (tertiary/aromatic N) is 2. The van der Waals surface area contributed by atoms with E-state index in [1.54, 1.807) is 13.1 Å². The Balaban J connectivity index is 2.37. The first-order valence-corrected chi connectivity index (χ1v) is 6.03. The second-order valence-electron chi connectivity index (χ2n) is 4.47. The Hall–Kier alpha value is -1.87. The molecule has 18 heavy (non-hydrogen) atoms. The minimum absolute atomic E-state index is 0.475. The molecular formula is C15H18N2O. The first-order chi connectivity index (χ1) is 8.59. The van der Waals surface area contributed by atoms with E-state index in [1.807, 2.05) is 36.2 Å². The van der Waals surface area contributed by atoms with Crippen LogP contribution < -0.4 is 4.90 Å². The van der Waals surface area contributed by atoms with Gasteiger partial charge in [-0.1, -0.05) is 18.2 Å². The summed E-state index contributed by atoms with van der Waals surface area (Å²) in [7, 11) is 1.98. The van der Waals surface area contributed by atoms with Crippen LogP contribution in [-0.2, 0) is 0 Å². The first kappa shape index (κ1) is 12.6. The fourth-order valence-corrected chi connectivity index (χ4v) is 1.94. The number of pyridine rings is 1. The van der Waals surface area contributed by atoms with Gasteiger partial charge in [-0.05, 0) is 43.2 Å². The molecule has 1 heterocycles. The molecule has 1 N–H and O–H groups in total. The van der Waals surface area contributed by atoms with Crippen molar-refractivity contribution in [2.75, 3.05) is 11.9 Å². The lowest BCUT2D eigenvalue weighted by Gasteiger charge is -2.21. The summed E-state index contributed by atoms with van der Waals surface area (Å²) in [5, 5.41) is 9.61. The number of aliphatic hydroxyl groups is 1. The van der Waals surface area contributed by atoms with E-state index in [0.29, 0.717) is 0 Å². The van der Waals surface area contributed by atoms with Gasteiger partial charge in [0.1, 0.15) is 5.82 Å². The van der Waals surface area contributed by atoms with Crippen LogP contribution in [-0.4, -0.2) is 17.1 Å². The van der Waals surface area contributed by atoms with Crippen LogP contribution in [0.15, 0.2) is 42.6 Å². The summed E-state index contributed by atoms with van der Waals surface area (Å²) in [5.41, 5.74) is 3.19. The third-order valence-electron chi connectivity index (χ3n) is 3.07. The lowest BCUT2D eigenvalue weighted by molar-refractivity contribution is 0.199. The molecule has 0 aliphatic rings. The molecule has 3 heteroatoms. The van der Waals surface area contributed by atoms with E-state index in [4.69, 9.17) is 0 Å². The van der Waals surface area contributed by atoms with Gasteiger partial charge < -0.3 is 10.0 Å². The lowest BCUT2D eigenvalue weighted by atomic mass is 10.1. The fraction of sp³-hybridized carbons (Fsp3) is 0.267. The maximum absolute atomic E-state index is 9.61. The summed E-state index contributed by atoms with van der Waals surface area (Å²) in [5.74, 6) is 0.836. The van der Waals surface area contributed by atoms with Crippen LogP contribution in [0.4, 0.5) is 11.5 Å². The number of hydrogen-bond acceptors (Lipinski definition) is 3. The van der Waals surface area contributed by atoms with E-state index in [1.165, 1.54) is 5.56 Å². The Morgan fingerprint density at radius 3 is 2.61 bits per heavy atom. The highest BCUT2D eigenvalue weighted by molar-refractivity contribution is 5.63. The Morgan fingerprint density at radius 1 is 1.22 bits per heavy atom. The largest absolute Gasteiger partial charge is 0.389 e. The van der Waals surface area contributed by atoms with Gasteiger partial charge in [-0.15, -0.1) is 0 Å².